The van der Waals surface area contributed by atoms with Gasteiger partial charge in [-0.25, -0.2) is 18.5 Å². The quantitative estimate of drug-likeness (QED) is 0.186. The van der Waals surface area contributed by atoms with Gasteiger partial charge in [0.15, 0.2) is 0 Å². The van der Waals surface area contributed by atoms with Crippen molar-refractivity contribution in [3.05, 3.63) is 29.8 Å². The van der Waals surface area contributed by atoms with E-state index in [-0.39, 0.29) is 25.4 Å². The predicted molar refractivity (Wildman–Crippen MR) is 157 cm³/mol. The van der Waals surface area contributed by atoms with Crippen LogP contribution >= 0.6 is 42.4 Å². The van der Waals surface area contributed by atoms with Crippen molar-refractivity contribution in [2.75, 3.05) is 13.2 Å². The minimum Gasteiger partial charge on any atom is -0.426 e. The molecule has 0 amide bonds. The molecule has 0 saturated heterocycles. The molecule has 3 aliphatic rings. The maximum Gasteiger partial charge on any atom is 0.490 e. The summed E-state index contributed by atoms with van der Waals surface area (Å²) >= 11 is 5.54. The molecule has 23 heteroatoms. The molecular weight excluding hydrogens is 720 g/mol. The van der Waals surface area contributed by atoms with Crippen LogP contribution in [-0.4, -0.2) is 66.3 Å². The lowest BCUT2D eigenvalue weighted by Crippen LogP contribution is -2.33. The van der Waals surface area contributed by atoms with E-state index in [2.05, 4.69) is 17.7 Å². The molecule has 7 N–H and O–H groups in total. The van der Waals surface area contributed by atoms with E-state index < -0.39 is 66.8 Å². The SMILES string of the molecule is C[C@H]1C[C@H](O)[C@@](C#N)(CO)C1.C[C@H]1C[C@H](O)[C@@](C#N)(COP(=O)(O)OP(=O)(O)OP(=O)(O)O)C1.O=C1OP(Cl)Oc2ccccc21. The van der Waals surface area contributed by atoms with Crippen LogP contribution in [0.1, 0.15) is 49.9 Å². The predicted octanol–water partition coefficient (Wildman–Crippen LogP) is 3.61. The number of phosphoric ester groups is 1. The van der Waals surface area contributed by atoms with Crippen LogP contribution in [-0.2, 0) is 31.4 Å². The number of benzene rings is 1. The van der Waals surface area contributed by atoms with Crippen LogP contribution in [0.4, 0.5) is 0 Å². The highest BCUT2D eigenvalue weighted by Gasteiger charge is 2.49. The Morgan fingerprint density at radius 1 is 0.935 bits per heavy atom. The van der Waals surface area contributed by atoms with Gasteiger partial charge < -0.3 is 43.9 Å². The second kappa shape index (κ2) is 16.3. The highest BCUT2D eigenvalue weighted by Crippen LogP contribution is 2.66. The highest BCUT2D eigenvalue weighted by atomic mass is 35.7. The first-order valence-corrected chi connectivity index (χ1v) is 19.8. The van der Waals surface area contributed by atoms with Crippen molar-refractivity contribution in [1.82, 2.24) is 0 Å². The van der Waals surface area contributed by atoms with Gasteiger partial charge in [-0.2, -0.15) is 19.1 Å². The maximum atomic E-state index is 11.6. The summed E-state index contributed by atoms with van der Waals surface area (Å²) in [6.07, 6.45) is -0.134. The second-order valence-corrected chi connectivity index (χ2v) is 16.9. The van der Waals surface area contributed by atoms with Crippen LogP contribution in [0.2, 0.25) is 0 Å². The van der Waals surface area contributed by atoms with Gasteiger partial charge in [0.1, 0.15) is 22.1 Å². The number of rotatable bonds is 8. The van der Waals surface area contributed by atoms with Gasteiger partial charge in [0.25, 0.3) is 0 Å². The standard InChI is InChI=1S/C8H16NO11P3.C8H13NO2.C7H4ClO3P/c1-6-2-7(10)8(3-6,4-9)5-18-22(14,15)20-23(16,17)19-21(11,12)13;1-6-2-7(11)8(3-6,4-9)5-10;8-12-10-6-4-2-1-3-5(6)7(9)11-12/h6-7,10H,2-3,5H2,1H3,(H,14,15)(H,16,17)(H2,11,12,13);6-7,10-11H,2-3,5H2,1H3;1-4H/t2*6-,7-,8-;/m00./s1. The fraction of sp³-hybridized carbons (Fsp3) is 0.609. The number of fused-ring (bicyclic) bond motifs is 1. The molecule has 0 spiro atoms. The third-order valence-electron chi connectivity index (χ3n) is 7.01. The molecule has 46 heavy (non-hydrogen) atoms. The Bertz CT molecular complexity index is 1470. The number of halogens is 1. The van der Waals surface area contributed by atoms with Crippen LogP contribution in [0.25, 0.3) is 0 Å². The van der Waals surface area contributed by atoms with E-state index in [1.165, 1.54) is 0 Å². The number of nitrogens with zero attached hydrogens (tertiary/aromatic N) is 2. The average molecular weight is 753 g/mol. The van der Waals surface area contributed by atoms with E-state index in [0.717, 1.165) is 0 Å². The summed E-state index contributed by atoms with van der Waals surface area (Å²) in [5, 5.41) is 46.1. The summed E-state index contributed by atoms with van der Waals surface area (Å²) in [5.41, 5.74) is -1.96. The topological polar surface area (TPSA) is 304 Å². The summed E-state index contributed by atoms with van der Waals surface area (Å²) in [7, 11) is -18.0. The lowest BCUT2D eigenvalue weighted by Gasteiger charge is -2.25. The van der Waals surface area contributed by atoms with Crippen LogP contribution in [0.15, 0.2) is 24.3 Å². The Hall–Kier alpha value is -1.52. The molecule has 0 radical (unpaired) electrons. The Labute approximate surface area is 269 Å². The van der Waals surface area contributed by atoms with Crippen LogP contribution < -0.4 is 4.52 Å². The van der Waals surface area contributed by atoms with E-state index in [1.54, 1.807) is 37.3 Å². The number of carbonyl (C=O) groups is 1. The molecule has 2 fully saturated rings. The Morgan fingerprint density at radius 3 is 1.89 bits per heavy atom. The molecule has 2 aliphatic carbocycles. The summed E-state index contributed by atoms with van der Waals surface area (Å²) < 4.78 is 54.5. The number of aliphatic hydroxyl groups excluding tert-OH is 3. The van der Waals surface area contributed by atoms with Crippen molar-refractivity contribution in [2.45, 2.75) is 51.7 Å². The molecule has 1 aliphatic heterocycles. The first-order valence-electron chi connectivity index (χ1n) is 13.1. The number of aliphatic hydroxyl groups is 3. The van der Waals surface area contributed by atoms with Crippen LogP contribution in [0.3, 0.4) is 0 Å². The van der Waals surface area contributed by atoms with Gasteiger partial charge in [0, 0.05) is 0 Å². The van der Waals surface area contributed by atoms with Crippen molar-refractivity contribution < 1.29 is 75.6 Å². The number of hydrogen-bond acceptors (Lipinski definition) is 14. The molecule has 258 valence electrons. The van der Waals surface area contributed by atoms with Crippen molar-refractivity contribution in [2.24, 2.45) is 22.7 Å². The van der Waals surface area contributed by atoms with Gasteiger partial charge in [0.2, 0.25) is 0 Å². The van der Waals surface area contributed by atoms with E-state index in [9.17, 15) is 33.6 Å². The summed E-state index contributed by atoms with van der Waals surface area (Å²) in [4.78, 5) is 46.2. The lowest BCUT2D eigenvalue weighted by atomic mass is 9.86. The number of nitriles is 2. The fourth-order valence-corrected chi connectivity index (χ4v) is 9.03. The number of para-hydroxylation sites is 1. The Morgan fingerprint density at radius 2 is 1.46 bits per heavy atom. The van der Waals surface area contributed by atoms with Gasteiger partial charge in [-0.1, -0.05) is 26.0 Å². The molecule has 0 bridgehead atoms. The zero-order valence-electron chi connectivity index (χ0n) is 24.2. The van der Waals surface area contributed by atoms with Crippen molar-refractivity contribution in [1.29, 1.82) is 10.5 Å². The molecule has 18 nitrogen and oxygen atoms in total. The summed E-state index contributed by atoms with van der Waals surface area (Å²) in [6, 6.07) is 10.6. The zero-order valence-corrected chi connectivity index (χ0v) is 28.6. The van der Waals surface area contributed by atoms with Gasteiger partial charge >= 0.3 is 37.2 Å². The zero-order chi connectivity index (χ0) is 35.1. The largest absolute Gasteiger partial charge is 0.490 e. The van der Waals surface area contributed by atoms with Crippen LogP contribution in [0.5, 0.6) is 5.75 Å². The molecule has 0 aromatic heterocycles. The van der Waals surface area contributed by atoms with Crippen molar-refractivity contribution >= 4 is 48.4 Å². The average Bonchev–Trinajstić information content (AvgIpc) is 3.39. The number of phosphoric acid groups is 3. The maximum absolute atomic E-state index is 11.6. The fourth-order valence-electron chi connectivity index (χ4n) is 4.95. The number of hydrogen-bond donors (Lipinski definition) is 7. The van der Waals surface area contributed by atoms with Crippen molar-refractivity contribution in [3.63, 3.8) is 0 Å². The molecule has 2 saturated carbocycles. The highest BCUT2D eigenvalue weighted by molar-refractivity contribution is 7.76. The van der Waals surface area contributed by atoms with E-state index in [4.69, 9.17) is 46.1 Å². The third-order valence-corrected chi connectivity index (χ3v) is 11.9. The van der Waals surface area contributed by atoms with Crippen LogP contribution in [0, 0.1) is 45.3 Å². The van der Waals surface area contributed by atoms with E-state index >= 15 is 0 Å². The molecule has 1 aromatic rings. The molecular formula is C23H33ClN2O16P4. The smallest absolute Gasteiger partial charge is 0.426 e. The second-order valence-electron chi connectivity index (χ2n) is 10.9. The molecule has 3 unspecified atom stereocenters. The monoisotopic (exact) mass is 752 g/mol. The minimum atomic E-state index is -5.60. The number of carbonyl (C=O) groups excluding carboxylic acids is 1. The van der Waals surface area contributed by atoms with Gasteiger partial charge in [-0.15, -0.1) is 0 Å². The van der Waals surface area contributed by atoms with E-state index in [1.807, 2.05) is 13.0 Å². The van der Waals surface area contributed by atoms with Gasteiger partial charge in [-0.05, 0) is 60.9 Å². The molecule has 1 heterocycles. The van der Waals surface area contributed by atoms with E-state index in [0.29, 0.717) is 30.1 Å². The normalized spacial score (nSPS) is 32.7. The van der Waals surface area contributed by atoms with Gasteiger partial charge in [0.05, 0.1) is 37.6 Å². The summed E-state index contributed by atoms with van der Waals surface area (Å²) in [5.74, 6) is 0.360. The van der Waals surface area contributed by atoms with Crippen molar-refractivity contribution in [3.8, 4) is 17.9 Å². The minimum absolute atomic E-state index is 0.0609. The Balaban J connectivity index is 0.000000266. The van der Waals surface area contributed by atoms with Gasteiger partial charge in [-0.3, -0.25) is 4.52 Å². The molecule has 9 atom stereocenters. The third kappa shape index (κ3) is 11.6. The summed E-state index contributed by atoms with van der Waals surface area (Å²) in [6.45, 7) is 2.71. The first-order chi connectivity index (χ1) is 21.1. The lowest BCUT2D eigenvalue weighted by molar-refractivity contribution is 0.0428. The Kier molecular flexibility index (Phi) is 14.4. The molecule has 4 rings (SSSR count). The molecule has 1 aromatic carbocycles. The first kappa shape index (κ1) is 40.7.